The molecule has 0 saturated carbocycles. The van der Waals surface area contributed by atoms with Crippen LogP contribution in [0.4, 0.5) is 0 Å². The van der Waals surface area contributed by atoms with E-state index in [-0.39, 0.29) is 4.90 Å². The molecule has 1 heterocycles. The van der Waals surface area contributed by atoms with Crippen molar-refractivity contribution >= 4 is 9.84 Å². The lowest BCUT2D eigenvalue weighted by Gasteiger charge is -2.09. The summed E-state index contributed by atoms with van der Waals surface area (Å²) in [5.74, 6) is 0. The van der Waals surface area contributed by atoms with Crippen LogP contribution >= 0.6 is 0 Å². The summed E-state index contributed by atoms with van der Waals surface area (Å²) in [5.41, 5.74) is 1.33. The molecule has 0 amide bonds. The third-order valence-electron chi connectivity index (χ3n) is 2.54. The fourth-order valence-corrected chi connectivity index (χ4v) is 2.22. The molecule has 1 atom stereocenters. The second-order valence-corrected chi connectivity index (χ2v) is 5.88. The summed E-state index contributed by atoms with van der Waals surface area (Å²) in [7, 11) is -3.19. The number of benzene rings is 1. The highest BCUT2D eigenvalue weighted by Gasteiger charge is 2.12. The average molecular weight is 251 g/mol. The van der Waals surface area contributed by atoms with Crippen molar-refractivity contribution in [2.24, 2.45) is 0 Å². The Morgan fingerprint density at radius 1 is 1.18 bits per heavy atom. The van der Waals surface area contributed by atoms with Gasteiger partial charge in [0.15, 0.2) is 9.84 Å². The summed E-state index contributed by atoms with van der Waals surface area (Å²) in [5, 5.41) is 9.99. The fraction of sp³-hybridized carbons (Fsp3) is 0.167. The maximum absolute atomic E-state index is 11.3. The molecule has 0 radical (unpaired) electrons. The van der Waals surface area contributed by atoms with Crippen LogP contribution in [-0.4, -0.2) is 24.8 Å². The van der Waals surface area contributed by atoms with Crippen LogP contribution in [0, 0.1) is 0 Å². The fourth-order valence-electron chi connectivity index (χ4n) is 1.59. The van der Waals surface area contributed by atoms with Crippen LogP contribution in [0.2, 0.25) is 0 Å². The van der Waals surface area contributed by atoms with Gasteiger partial charge in [0.05, 0.1) is 4.90 Å². The number of aromatic amines is 1. The number of H-pyrrole nitrogens is 1. The van der Waals surface area contributed by atoms with E-state index in [0.29, 0.717) is 11.3 Å². The summed E-state index contributed by atoms with van der Waals surface area (Å²) in [6.45, 7) is 0. The highest BCUT2D eigenvalue weighted by molar-refractivity contribution is 7.90. The topological polar surface area (TPSA) is 70.2 Å². The highest BCUT2D eigenvalue weighted by atomic mass is 32.2. The minimum absolute atomic E-state index is 0.250. The van der Waals surface area contributed by atoms with Crippen LogP contribution in [0.3, 0.4) is 0 Å². The molecule has 2 aromatic rings. The molecular formula is C12H13NO3S. The average Bonchev–Trinajstić information content (AvgIpc) is 2.80. The van der Waals surface area contributed by atoms with Crippen LogP contribution in [0.25, 0.3) is 0 Å². The smallest absolute Gasteiger partial charge is 0.175 e. The zero-order valence-electron chi connectivity index (χ0n) is 9.29. The van der Waals surface area contributed by atoms with Crippen molar-refractivity contribution in [2.45, 2.75) is 11.0 Å². The summed E-state index contributed by atoms with van der Waals surface area (Å²) in [6.07, 6.45) is 2.12. The number of sulfone groups is 1. The van der Waals surface area contributed by atoms with Gasteiger partial charge in [0.25, 0.3) is 0 Å². The van der Waals surface area contributed by atoms with Gasteiger partial charge in [-0.25, -0.2) is 8.42 Å². The highest BCUT2D eigenvalue weighted by Crippen LogP contribution is 2.21. The van der Waals surface area contributed by atoms with E-state index < -0.39 is 15.9 Å². The van der Waals surface area contributed by atoms with E-state index in [2.05, 4.69) is 4.98 Å². The quantitative estimate of drug-likeness (QED) is 0.868. The zero-order chi connectivity index (χ0) is 12.5. The first-order valence-corrected chi connectivity index (χ1v) is 6.99. The van der Waals surface area contributed by atoms with Crippen molar-refractivity contribution < 1.29 is 13.5 Å². The second kappa shape index (κ2) is 4.35. The first kappa shape index (κ1) is 11.9. The van der Waals surface area contributed by atoms with Gasteiger partial charge in [-0.2, -0.15) is 0 Å². The molecule has 0 fully saturated rings. The van der Waals surface area contributed by atoms with E-state index in [1.165, 1.54) is 12.1 Å². The van der Waals surface area contributed by atoms with Gasteiger partial charge in [0.1, 0.15) is 6.10 Å². The molecule has 0 spiro atoms. The van der Waals surface area contributed by atoms with Crippen LogP contribution in [0.1, 0.15) is 17.4 Å². The summed E-state index contributed by atoms with van der Waals surface area (Å²) in [4.78, 5) is 3.16. The van der Waals surface area contributed by atoms with Gasteiger partial charge in [-0.05, 0) is 29.8 Å². The van der Waals surface area contributed by atoms with Crippen molar-refractivity contribution in [1.29, 1.82) is 0 Å². The third-order valence-corrected chi connectivity index (χ3v) is 3.67. The van der Waals surface area contributed by atoms with E-state index in [4.69, 9.17) is 0 Å². The van der Waals surface area contributed by atoms with Gasteiger partial charge in [-0.3, -0.25) is 0 Å². The SMILES string of the molecule is CS(=O)(=O)c1ccc(C(O)c2ccc[nH]2)cc1. The van der Waals surface area contributed by atoms with E-state index in [9.17, 15) is 13.5 Å². The Balaban J connectivity index is 2.30. The Bertz CT molecular complexity index is 585. The lowest BCUT2D eigenvalue weighted by molar-refractivity contribution is 0.216. The Morgan fingerprint density at radius 2 is 1.82 bits per heavy atom. The van der Waals surface area contributed by atoms with E-state index in [0.717, 1.165) is 6.26 Å². The first-order chi connectivity index (χ1) is 7.98. The Labute approximate surface area is 99.8 Å². The standard InChI is InChI=1S/C12H13NO3S/c1-17(15,16)10-6-4-9(5-7-10)12(14)11-3-2-8-13-11/h2-8,12-14H,1H3. The zero-order valence-corrected chi connectivity index (χ0v) is 10.1. The maximum atomic E-state index is 11.3. The normalized spacial score (nSPS) is 13.5. The van der Waals surface area contributed by atoms with Gasteiger partial charge < -0.3 is 10.1 Å². The molecule has 0 saturated heterocycles. The largest absolute Gasteiger partial charge is 0.382 e. The lowest BCUT2D eigenvalue weighted by atomic mass is 10.1. The number of rotatable bonds is 3. The van der Waals surface area contributed by atoms with Crippen LogP contribution in [0.15, 0.2) is 47.5 Å². The monoisotopic (exact) mass is 251 g/mol. The number of hydrogen-bond donors (Lipinski definition) is 2. The number of hydrogen-bond acceptors (Lipinski definition) is 3. The molecule has 0 aliphatic heterocycles. The Morgan fingerprint density at radius 3 is 2.29 bits per heavy atom. The van der Waals surface area contributed by atoms with Crippen molar-refractivity contribution in [3.8, 4) is 0 Å². The Hall–Kier alpha value is -1.59. The lowest BCUT2D eigenvalue weighted by Crippen LogP contribution is -2.01. The summed E-state index contributed by atoms with van der Waals surface area (Å²) < 4.78 is 22.5. The van der Waals surface area contributed by atoms with Crippen LogP contribution < -0.4 is 0 Å². The minimum Gasteiger partial charge on any atom is -0.382 e. The third kappa shape index (κ3) is 2.57. The van der Waals surface area contributed by atoms with Gasteiger partial charge in [0, 0.05) is 18.1 Å². The van der Waals surface area contributed by atoms with E-state index in [1.54, 1.807) is 30.5 Å². The number of nitrogens with one attached hydrogen (secondary N) is 1. The van der Waals surface area contributed by atoms with Gasteiger partial charge in [-0.15, -0.1) is 0 Å². The molecule has 0 aliphatic rings. The van der Waals surface area contributed by atoms with Crippen molar-refractivity contribution in [2.75, 3.05) is 6.26 Å². The van der Waals surface area contributed by atoms with Crippen LogP contribution in [-0.2, 0) is 9.84 Å². The molecule has 4 nitrogen and oxygen atoms in total. The predicted molar refractivity (Wildman–Crippen MR) is 64.4 cm³/mol. The number of aromatic nitrogens is 1. The van der Waals surface area contributed by atoms with E-state index >= 15 is 0 Å². The van der Waals surface area contributed by atoms with Gasteiger partial charge >= 0.3 is 0 Å². The molecule has 0 aliphatic carbocycles. The molecule has 0 bridgehead atoms. The first-order valence-electron chi connectivity index (χ1n) is 5.10. The molecule has 1 aromatic heterocycles. The van der Waals surface area contributed by atoms with Crippen molar-refractivity contribution in [3.63, 3.8) is 0 Å². The molecule has 2 rings (SSSR count). The van der Waals surface area contributed by atoms with E-state index in [1.807, 2.05) is 0 Å². The Kier molecular flexibility index (Phi) is 3.04. The van der Waals surface area contributed by atoms with Crippen molar-refractivity contribution in [3.05, 3.63) is 53.9 Å². The summed E-state index contributed by atoms with van der Waals surface area (Å²) >= 11 is 0. The molecule has 2 N–H and O–H groups in total. The molecule has 1 unspecified atom stereocenters. The predicted octanol–water partition coefficient (Wildman–Crippen LogP) is 1.50. The summed E-state index contributed by atoms with van der Waals surface area (Å²) in [6, 6.07) is 9.79. The molecule has 1 aromatic carbocycles. The minimum atomic E-state index is -3.19. The maximum Gasteiger partial charge on any atom is 0.175 e. The number of aliphatic hydroxyl groups is 1. The van der Waals surface area contributed by atoms with Crippen molar-refractivity contribution in [1.82, 2.24) is 4.98 Å². The molecule has 5 heteroatoms. The van der Waals surface area contributed by atoms with Crippen LogP contribution in [0.5, 0.6) is 0 Å². The number of aliphatic hydroxyl groups excluding tert-OH is 1. The molecular weight excluding hydrogens is 238 g/mol. The van der Waals surface area contributed by atoms with Gasteiger partial charge in [-0.1, -0.05) is 12.1 Å². The molecule has 90 valence electrons. The molecule has 17 heavy (non-hydrogen) atoms. The van der Waals surface area contributed by atoms with Gasteiger partial charge in [0.2, 0.25) is 0 Å². The second-order valence-electron chi connectivity index (χ2n) is 3.87.